The lowest BCUT2D eigenvalue weighted by Gasteiger charge is -2.10. The zero-order valence-electron chi connectivity index (χ0n) is 30.9. The van der Waals surface area contributed by atoms with Crippen molar-refractivity contribution in [1.29, 1.82) is 0 Å². The third kappa shape index (κ3) is 16.4. The number of Topliss-reactive ketones (excluding diaryl/α,β-unsaturated/α-hetero) is 1. The highest BCUT2D eigenvalue weighted by molar-refractivity contribution is 8.14. The summed E-state index contributed by atoms with van der Waals surface area (Å²) in [6.45, 7) is -0.142. The summed E-state index contributed by atoms with van der Waals surface area (Å²) in [5.41, 5.74) is 10.8. The van der Waals surface area contributed by atoms with Crippen molar-refractivity contribution in [3.8, 4) is 23.0 Å². The molecule has 1 aliphatic heterocycles. The summed E-state index contributed by atoms with van der Waals surface area (Å²) < 4.78 is 20.6. The molecule has 1 aromatic heterocycles. The number of halogens is 4. The lowest BCUT2D eigenvalue weighted by Crippen LogP contribution is -2.15. The number of carbonyl (C=O) groups excluding carboxylic acids is 3. The van der Waals surface area contributed by atoms with E-state index in [1.165, 1.54) is 11.8 Å². The second-order valence-electron chi connectivity index (χ2n) is 11.1. The number of ketones is 1. The molecular formula is C38H42Cl4N4O9S. The Kier molecular flexibility index (Phi) is 22.0. The summed E-state index contributed by atoms with van der Waals surface area (Å²) >= 11 is 22.3. The molecule has 13 nitrogen and oxygen atoms in total. The molecule has 1 amide bonds. The van der Waals surface area contributed by atoms with E-state index in [9.17, 15) is 14.4 Å². The van der Waals surface area contributed by atoms with Gasteiger partial charge >= 0.3 is 0 Å². The van der Waals surface area contributed by atoms with Gasteiger partial charge in [-0.05, 0) is 76.3 Å². The molecule has 0 saturated heterocycles. The average molecular weight is 873 g/mol. The second-order valence-corrected chi connectivity index (χ2v) is 13.5. The van der Waals surface area contributed by atoms with Crippen molar-refractivity contribution in [2.75, 3.05) is 57.0 Å². The Labute approximate surface area is 349 Å². The van der Waals surface area contributed by atoms with E-state index < -0.39 is 5.24 Å². The number of amides is 1. The molecule has 3 aromatic carbocycles. The number of aromatic nitrogens is 1. The first-order valence-corrected chi connectivity index (χ1v) is 19.1. The van der Waals surface area contributed by atoms with Gasteiger partial charge in [-0.15, -0.1) is 35.0 Å². The molecule has 0 fully saturated rings. The van der Waals surface area contributed by atoms with E-state index >= 15 is 0 Å². The summed E-state index contributed by atoms with van der Waals surface area (Å²) in [5, 5.41) is 21.3. The summed E-state index contributed by atoms with van der Waals surface area (Å²) in [5.74, 6) is 2.53. The number of carbonyl (C=O) groups is 3. The molecule has 0 unspecified atom stereocenters. The fourth-order valence-corrected chi connectivity index (χ4v) is 5.66. The number of nitrogens with one attached hydrogen (secondary N) is 1. The molecule has 0 aliphatic carbocycles. The molecule has 4 aromatic rings. The first-order valence-electron chi connectivity index (χ1n) is 16.3. The highest BCUT2D eigenvalue weighted by atomic mass is 35.5. The van der Waals surface area contributed by atoms with Gasteiger partial charge in [0.2, 0.25) is 11.1 Å². The number of nitrogen functional groups attached to an aromatic ring is 1. The Hall–Kier alpha value is -4.28. The van der Waals surface area contributed by atoms with E-state index in [-0.39, 0.29) is 42.4 Å². The Morgan fingerprint density at radius 2 is 1.43 bits per heavy atom. The number of hydrogen-bond acceptors (Lipinski definition) is 13. The monoisotopic (exact) mass is 870 g/mol. The highest BCUT2D eigenvalue weighted by Gasteiger charge is 2.17. The first-order chi connectivity index (χ1) is 26.8. The number of thioether (sulfide) groups is 1. The van der Waals surface area contributed by atoms with Gasteiger partial charge in [-0.1, -0.05) is 23.7 Å². The van der Waals surface area contributed by atoms with Crippen LogP contribution in [-0.2, 0) is 40.4 Å². The van der Waals surface area contributed by atoms with Crippen LogP contribution in [0.15, 0.2) is 71.9 Å². The molecule has 0 saturated carbocycles. The maximum atomic E-state index is 12.2. The van der Waals surface area contributed by atoms with Crippen molar-refractivity contribution >= 4 is 97.2 Å². The lowest BCUT2D eigenvalue weighted by atomic mass is 10.1. The van der Waals surface area contributed by atoms with Gasteiger partial charge in [0.1, 0.15) is 5.15 Å². The van der Waals surface area contributed by atoms with Crippen LogP contribution >= 0.6 is 58.2 Å². The molecule has 0 radical (unpaired) electrons. The molecule has 1 aliphatic rings. The van der Waals surface area contributed by atoms with E-state index in [1.54, 1.807) is 89.2 Å². The number of methoxy groups -OCH3 is 4. The normalized spacial score (nSPS) is 10.8. The number of aliphatic hydroxyl groups is 2. The fraction of sp³-hybridized carbons (Fsp3) is 0.289. The van der Waals surface area contributed by atoms with Gasteiger partial charge in [0, 0.05) is 30.3 Å². The van der Waals surface area contributed by atoms with E-state index in [4.69, 9.17) is 81.3 Å². The lowest BCUT2D eigenvalue weighted by molar-refractivity contribution is -0.116. The number of nitrogens with zero attached hydrogens (tertiary/aromatic N) is 2. The SMILES string of the molecule is COc1ccc(CC(=O)CCl)cc1OC.COc1ccc(NC(=O)CSC2=Nc3cnc(Cl)cc3C2)cc1OC.Nc1ccc(CO)c(CO)c1.O=C(Cl)CCl. The Bertz CT molecular complexity index is 1950. The minimum atomic E-state index is -0.508. The molecule has 5 N–H and O–H groups in total. The van der Waals surface area contributed by atoms with Gasteiger partial charge in [0.25, 0.3) is 0 Å². The van der Waals surface area contributed by atoms with Crippen LogP contribution in [0.1, 0.15) is 22.3 Å². The third-order valence-electron chi connectivity index (χ3n) is 7.23. The van der Waals surface area contributed by atoms with Crippen LogP contribution in [-0.4, -0.2) is 83.1 Å². The van der Waals surface area contributed by atoms with Crippen LogP contribution in [0.25, 0.3) is 0 Å². The van der Waals surface area contributed by atoms with Crippen molar-refractivity contribution in [3.63, 3.8) is 0 Å². The number of rotatable bonds is 13. The maximum Gasteiger partial charge on any atom is 0.236 e. The number of nitrogens with two attached hydrogens (primary N) is 1. The highest BCUT2D eigenvalue weighted by Crippen LogP contribution is 2.32. The van der Waals surface area contributed by atoms with Crippen LogP contribution < -0.4 is 30.0 Å². The second kappa shape index (κ2) is 25.8. The van der Waals surface area contributed by atoms with Gasteiger partial charge < -0.3 is 40.2 Å². The molecule has 0 bridgehead atoms. The van der Waals surface area contributed by atoms with Gasteiger partial charge in [-0.3, -0.25) is 14.4 Å². The average Bonchev–Trinajstić information content (AvgIpc) is 3.62. The smallest absolute Gasteiger partial charge is 0.236 e. The van der Waals surface area contributed by atoms with Crippen molar-refractivity contribution in [1.82, 2.24) is 4.98 Å². The number of aliphatic hydroxyl groups excluding tert-OH is 2. The minimum absolute atomic E-state index is 0.0103. The maximum absolute atomic E-state index is 12.2. The molecule has 56 heavy (non-hydrogen) atoms. The number of ether oxygens (including phenoxy) is 4. The number of benzene rings is 3. The zero-order valence-corrected chi connectivity index (χ0v) is 34.8. The van der Waals surface area contributed by atoms with E-state index in [1.807, 2.05) is 6.07 Å². The van der Waals surface area contributed by atoms with Crippen molar-refractivity contribution in [2.24, 2.45) is 4.99 Å². The van der Waals surface area contributed by atoms with Crippen molar-refractivity contribution in [3.05, 3.63) is 94.3 Å². The van der Waals surface area contributed by atoms with Crippen LogP contribution in [0, 0.1) is 0 Å². The Balaban J connectivity index is 0.000000296. The van der Waals surface area contributed by atoms with Crippen LogP contribution in [0.4, 0.5) is 17.1 Å². The molecule has 2 heterocycles. The number of anilines is 2. The Morgan fingerprint density at radius 1 is 0.821 bits per heavy atom. The molecule has 0 atom stereocenters. The number of alkyl halides is 2. The topological polar surface area (TPSA) is 192 Å². The quantitative estimate of drug-likeness (QED) is 0.0466. The number of pyridine rings is 1. The number of aliphatic imine (C=N–C) groups is 1. The Morgan fingerprint density at radius 3 is 2.00 bits per heavy atom. The standard InChI is InChI=1S/C17H16ClN3O3S.C11H13ClO3.C8H11NO2.C2H2Cl2O/c1-23-13-4-3-11(7-14(13)24-2)20-16(22)9-25-17-6-10-5-15(18)19-8-12(10)21-17;1-14-10-4-3-8(5-9(13)7-12)6-11(10)15-2;9-8-2-1-6(4-10)7(3-8)5-11;3-1-2(4)5/h3-5,7-8H,6,9H2,1-2H3,(H,20,22);3-4,6H,5,7H2,1-2H3;1-3,10-11H,4-5,9H2;1H2. The van der Waals surface area contributed by atoms with Gasteiger partial charge in [-0.25, -0.2) is 9.98 Å². The molecular weight excluding hydrogens is 830 g/mol. The van der Waals surface area contributed by atoms with Crippen LogP contribution in [0.5, 0.6) is 23.0 Å². The molecule has 18 heteroatoms. The van der Waals surface area contributed by atoms with Crippen molar-refractivity contribution < 1.29 is 43.5 Å². The fourth-order valence-electron chi connectivity index (χ4n) is 4.60. The summed E-state index contributed by atoms with van der Waals surface area (Å²) in [7, 11) is 6.25. The third-order valence-corrected chi connectivity index (χ3v) is 9.22. The van der Waals surface area contributed by atoms with Gasteiger partial charge in [-0.2, -0.15) is 0 Å². The van der Waals surface area contributed by atoms with Gasteiger partial charge in [0.05, 0.1) is 76.1 Å². The van der Waals surface area contributed by atoms with Crippen LogP contribution in [0.2, 0.25) is 5.15 Å². The molecule has 5 rings (SSSR count). The summed E-state index contributed by atoms with van der Waals surface area (Å²) in [4.78, 5) is 41.2. The molecule has 302 valence electrons. The zero-order chi connectivity index (χ0) is 41.6. The number of hydrogen-bond donors (Lipinski definition) is 4. The predicted molar refractivity (Wildman–Crippen MR) is 224 cm³/mol. The van der Waals surface area contributed by atoms with E-state index in [0.717, 1.165) is 27.4 Å². The molecule has 0 spiro atoms. The van der Waals surface area contributed by atoms with Crippen LogP contribution in [0.3, 0.4) is 0 Å². The predicted octanol–water partition coefficient (Wildman–Crippen LogP) is 7.01. The minimum Gasteiger partial charge on any atom is -0.493 e. The first kappa shape index (κ1) is 47.9. The van der Waals surface area contributed by atoms with Gasteiger partial charge in [0.15, 0.2) is 28.8 Å². The summed E-state index contributed by atoms with van der Waals surface area (Å²) in [6.07, 6.45) is 2.64. The summed E-state index contributed by atoms with van der Waals surface area (Å²) in [6, 6.07) is 17.5. The van der Waals surface area contributed by atoms with Crippen molar-refractivity contribution in [2.45, 2.75) is 26.1 Å². The largest absolute Gasteiger partial charge is 0.493 e. The van der Waals surface area contributed by atoms with E-state index in [0.29, 0.717) is 57.9 Å². The number of fused-ring (bicyclic) bond motifs is 1. The van der Waals surface area contributed by atoms with E-state index in [2.05, 4.69) is 15.3 Å².